The second kappa shape index (κ2) is 8.50. The first-order chi connectivity index (χ1) is 14.8. The fourth-order valence-electron chi connectivity index (χ4n) is 6.38. The summed E-state index contributed by atoms with van der Waals surface area (Å²) in [6.45, 7) is 12.7. The molecule has 1 amide bonds. The van der Waals surface area contributed by atoms with E-state index in [0.29, 0.717) is 17.8 Å². The third-order valence-corrected chi connectivity index (χ3v) is 7.91. The number of ether oxygens (including phenoxy) is 1. The summed E-state index contributed by atoms with van der Waals surface area (Å²) in [5.41, 5.74) is 2.60. The Morgan fingerprint density at radius 2 is 1.97 bits per heavy atom. The molecule has 0 saturated carbocycles. The maximum Gasteiger partial charge on any atom is 0.245 e. The third kappa shape index (κ3) is 3.75. The number of nitrogens with one attached hydrogen (secondary N) is 2. The average Bonchev–Trinajstić information content (AvgIpc) is 3.06. The maximum absolute atomic E-state index is 13.5. The van der Waals surface area contributed by atoms with Gasteiger partial charge < -0.3 is 20.3 Å². The zero-order chi connectivity index (χ0) is 22.3. The number of amides is 1. The summed E-state index contributed by atoms with van der Waals surface area (Å²) < 4.78 is 5.54. The highest BCUT2D eigenvalue weighted by molar-refractivity contribution is 5.84. The van der Waals surface area contributed by atoms with Crippen molar-refractivity contribution >= 4 is 5.91 Å². The Hall–Kier alpha value is -2.01. The van der Waals surface area contributed by atoms with Crippen LogP contribution in [0.4, 0.5) is 0 Å². The number of piperidine rings is 1. The van der Waals surface area contributed by atoms with Crippen LogP contribution in [0.5, 0.6) is 5.75 Å². The lowest BCUT2D eigenvalue weighted by atomic mass is 9.59. The molecular weight excluding hydrogens is 386 g/mol. The van der Waals surface area contributed by atoms with E-state index in [1.807, 2.05) is 11.0 Å². The molecule has 1 aromatic carbocycles. The van der Waals surface area contributed by atoms with Crippen LogP contribution in [0.1, 0.15) is 53.0 Å². The molecule has 5 atom stereocenters. The molecule has 0 spiro atoms. The van der Waals surface area contributed by atoms with Crippen molar-refractivity contribution in [3.63, 3.8) is 0 Å². The lowest BCUT2D eigenvalue weighted by Gasteiger charge is -2.48. The maximum atomic E-state index is 13.5. The van der Waals surface area contributed by atoms with Crippen LogP contribution in [0, 0.1) is 17.8 Å². The minimum Gasteiger partial charge on any atom is -0.497 e. The van der Waals surface area contributed by atoms with E-state index in [9.17, 15) is 4.79 Å². The molecule has 2 N–H and O–H groups in total. The zero-order valence-electron chi connectivity index (χ0n) is 19.9. The zero-order valence-corrected chi connectivity index (χ0v) is 19.9. The van der Waals surface area contributed by atoms with Gasteiger partial charge in [0.1, 0.15) is 11.8 Å². The van der Waals surface area contributed by atoms with Crippen molar-refractivity contribution in [3.8, 4) is 5.75 Å². The monoisotopic (exact) mass is 425 g/mol. The van der Waals surface area contributed by atoms with Crippen LogP contribution in [-0.4, -0.2) is 49.1 Å². The van der Waals surface area contributed by atoms with Crippen molar-refractivity contribution in [1.82, 2.24) is 15.5 Å². The van der Waals surface area contributed by atoms with E-state index in [1.165, 1.54) is 11.3 Å². The van der Waals surface area contributed by atoms with Gasteiger partial charge in [0.05, 0.1) is 7.11 Å². The molecule has 3 aliphatic rings. The Labute approximate surface area is 187 Å². The fourth-order valence-corrected chi connectivity index (χ4v) is 6.38. The number of methoxy groups -OCH3 is 1. The predicted molar refractivity (Wildman–Crippen MR) is 125 cm³/mol. The standard InChI is InChI=1S/C26H39N3O2/c1-16(2)29(17(3)4)25(30)24-18(5)22-13-20-15-27-11-10-26(20,14-23(22)28-24)19-8-7-9-21(12-19)31-6/h7-9,12,14,16-18,20,22,24,27-28H,10-11,13,15H2,1-6H3. The normalized spacial score (nSPS) is 32.2. The Morgan fingerprint density at radius 1 is 1.23 bits per heavy atom. The van der Waals surface area contributed by atoms with Gasteiger partial charge in [-0.05, 0) is 83.2 Å². The molecule has 1 aromatic rings. The second-order valence-corrected chi connectivity index (χ2v) is 10.3. The first-order valence-corrected chi connectivity index (χ1v) is 11.9. The summed E-state index contributed by atoms with van der Waals surface area (Å²) in [5.74, 6) is 2.38. The van der Waals surface area contributed by atoms with Gasteiger partial charge in [-0.2, -0.15) is 0 Å². The highest BCUT2D eigenvalue weighted by Gasteiger charge is 2.51. The molecule has 2 saturated heterocycles. The summed E-state index contributed by atoms with van der Waals surface area (Å²) in [6.07, 6.45) is 4.66. The number of fused-ring (bicyclic) bond motifs is 2. The lowest BCUT2D eigenvalue weighted by Crippen LogP contribution is -2.51. The largest absolute Gasteiger partial charge is 0.497 e. The van der Waals surface area contributed by atoms with Crippen LogP contribution < -0.4 is 15.4 Å². The lowest BCUT2D eigenvalue weighted by molar-refractivity contribution is -0.137. The summed E-state index contributed by atoms with van der Waals surface area (Å²) in [4.78, 5) is 15.6. The number of carbonyl (C=O) groups is 1. The molecule has 5 nitrogen and oxygen atoms in total. The third-order valence-electron chi connectivity index (χ3n) is 7.91. The van der Waals surface area contributed by atoms with Gasteiger partial charge in [-0.15, -0.1) is 0 Å². The molecular formula is C26H39N3O2. The second-order valence-electron chi connectivity index (χ2n) is 10.3. The minimum atomic E-state index is -0.142. The molecule has 5 unspecified atom stereocenters. The van der Waals surface area contributed by atoms with Gasteiger partial charge in [-0.25, -0.2) is 0 Å². The highest BCUT2D eigenvalue weighted by Crippen LogP contribution is 2.51. The highest BCUT2D eigenvalue weighted by atomic mass is 16.5. The molecule has 4 rings (SSSR count). The van der Waals surface area contributed by atoms with E-state index in [1.54, 1.807) is 7.11 Å². The number of allylic oxidation sites excluding steroid dienone is 2. The van der Waals surface area contributed by atoms with Crippen molar-refractivity contribution in [2.75, 3.05) is 20.2 Å². The van der Waals surface area contributed by atoms with Crippen LogP contribution in [0.3, 0.4) is 0 Å². The molecule has 1 aliphatic carbocycles. The van der Waals surface area contributed by atoms with Crippen LogP contribution in [0.15, 0.2) is 36.0 Å². The van der Waals surface area contributed by atoms with E-state index in [0.717, 1.165) is 31.7 Å². The van der Waals surface area contributed by atoms with Gasteiger partial charge in [-0.1, -0.05) is 25.1 Å². The fraction of sp³-hybridized carbons (Fsp3) is 0.654. The number of benzene rings is 1. The van der Waals surface area contributed by atoms with Gasteiger partial charge in [0.25, 0.3) is 0 Å². The van der Waals surface area contributed by atoms with E-state index in [-0.39, 0.29) is 29.4 Å². The molecule has 5 heteroatoms. The molecule has 31 heavy (non-hydrogen) atoms. The molecule has 0 bridgehead atoms. The quantitative estimate of drug-likeness (QED) is 0.755. The SMILES string of the molecule is COc1cccc(C23C=C4NC(C(=O)N(C(C)C)C(C)C)C(C)C4CC2CNCC3)c1. The number of carbonyl (C=O) groups excluding carboxylic acids is 1. The first kappa shape index (κ1) is 22.2. The van der Waals surface area contributed by atoms with Crippen molar-refractivity contribution in [1.29, 1.82) is 0 Å². The van der Waals surface area contributed by atoms with Crippen LogP contribution in [0.2, 0.25) is 0 Å². The van der Waals surface area contributed by atoms with Gasteiger partial charge in [0.2, 0.25) is 5.91 Å². The van der Waals surface area contributed by atoms with E-state index < -0.39 is 0 Å². The van der Waals surface area contributed by atoms with Crippen molar-refractivity contribution in [2.24, 2.45) is 17.8 Å². The Morgan fingerprint density at radius 3 is 2.65 bits per heavy atom. The van der Waals surface area contributed by atoms with E-state index in [2.05, 4.69) is 69.5 Å². The number of hydrogen-bond acceptors (Lipinski definition) is 4. The van der Waals surface area contributed by atoms with Gasteiger partial charge in [-0.3, -0.25) is 4.79 Å². The number of hydrogen-bond donors (Lipinski definition) is 2. The molecule has 2 heterocycles. The Balaban J connectivity index is 1.70. The Kier molecular flexibility index (Phi) is 6.08. The average molecular weight is 426 g/mol. The van der Waals surface area contributed by atoms with E-state index in [4.69, 9.17) is 4.74 Å². The predicted octanol–water partition coefficient (Wildman–Crippen LogP) is 3.70. The van der Waals surface area contributed by atoms with Crippen LogP contribution in [0.25, 0.3) is 0 Å². The minimum absolute atomic E-state index is 0.00787. The van der Waals surface area contributed by atoms with Crippen molar-refractivity contribution in [2.45, 2.75) is 71.0 Å². The molecule has 0 aromatic heterocycles. The summed E-state index contributed by atoms with van der Waals surface area (Å²) >= 11 is 0. The molecule has 2 aliphatic heterocycles. The number of rotatable bonds is 5. The topological polar surface area (TPSA) is 53.6 Å². The molecule has 170 valence electrons. The van der Waals surface area contributed by atoms with Crippen molar-refractivity contribution < 1.29 is 9.53 Å². The molecule has 0 radical (unpaired) electrons. The van der Waals surface area contributed by atoms with Crippen LogP contribution in [-0.2, 0) is 10.2 Å². The summed E-state index contributed by atoms with van der Waals surface area (Å²) in [5, 5.41) is 7.33. The van der Waals surface area contributed by atoms with Gasteiger partial charge in [0.15, 0.2) is 0 Å². The smallest absolute Gasteiger partial charge is 0.245 e. The van der Waals surface area contributed by atoms with Gasteiger partial charge >= 0.3 is 0 Å². The van der Waals surface area contributed by atoms with E-state index >= 15 is 0 Å². The Bertz CT molecular complexity index is 841. The van der Waals surface area contributed by atoms with Crippen LogP contribution >= 0.6 is 0 Å². The van der Waals surface area contributed by atoms with Gasteiger partial charge in [0, 0.05) is 29.1 Å². The number of nitrogens with zero attached hydrogens (tertiary/aromatic N) is 1. The molecule has 2 fully saturated rings. The summed E-state index contributed by atoms with van der Waals surface area (Å²) in [6, 6.07) is 8.84. The first-order valence-electron chi connectivity index (χ1n) is 11.9. The van der Waals surface area contributed by atoms with Crippen molar-refractivity contribution in [3.05, 3.63) is 41.6 Å². The summed E-state index contributed by atoms with van der Waals surface area (Å²) in [7, 11) is 1.73.